The minimum atomic E-state index is 0.597. The van der Waals surface area contributed by atoms with Gasteiger partial charge in [-0.15, -0.1) is 0 Å². The molecule has 0 radical (unpaired) electrons. The Labute approximate surface area is 117 Å². The molecule has 0 saturated heterocycles. The van der Waals surface area contributed by atoms with Crippen molar-refractivity contribution < 1.29 is 4.74 Å². The van der Waals surface area contributed by atoms with E-state index in [4.69, 9.17) is 4.74 Å². The molecule has 0 heterocycles. The first kappa shape index (κ1) is 14.4. The molecule has 1 aliphatic carbocycles. The van der Waals surface area contributed by atoms with Crippen LogP contribution in [0, 0.1) is 5.92 Å². The van der Waals surface area contributed by atoms with Crippen molar-refractivity contribution in [2.75, 3.05) is 13.2 Å². The van der Waals surface area contributed by atoms with E-state index in [1.165, 1.54) is 31.2 Å². The molecule has 0 aromatic heterocycles. The highest BCUT2D eigenvalue weighted by Crippen LogP contribution is 2.32. The third-order valence-corrected chi connectivity index (χ3v) is 3.83. The largest absolute Gasteiger partial charge is 0.494 e. The number of hydrogen-bond acceptors (Lipinski definition) is 2. The van der Waals surface area contributed by atoms with Crippen LogP contribution in [0.25, 0.3) is 0 Å². The monoisotopic (exact) mass is 261 g/mol. The summed E-state index contributed by atoms with van der Waals surface area (Å²) in [6, 6.07) is 9.22. The number of ether oxygens (including phenoxy) is 1. The van der Waals surface area contributed by atoms with E-state index in [0.717, 1.165) is 31.2 Å². The van der Waals surface area contributed by atoms with Crippen molar-refractivity contribution in [2.24, 2.45) is 5.92 Å². The van der Waals surface area contributed by atoms with Crippen LogP contribution in [0.1, 0.15) is 45.1 Å². The highest BCUT2D eigenvalue weighted by molar-refractivity contribution is 5.27. The lowest BCUT2D eigenvalue weighted by Gasteiger charge is -2.12. The lowest BCUT2D eigenvalue weighted by atomic mass is 10.1. The van der Waals surface area contributed by atoms with Gasteiger partial charge in [0, 0.05) is 6.04 Å². The summed E-state index contributed by atoms with van der Waals surface area (Å²) in [6.45, 7) is 6.33. The van der Waals surface area contributed by atoms with Gasteiger partial charge in [0.05, 0.1) is 6.61 Å². The zero-order chi connectivity index (χ0) is 13.5. The van der Waals surface area contributed by atoms with Crippen molar-refractivity contribution >= 4 is 0 Å². The van der Waals surface area contributed by atoms with E-state index in [-0.39, 0.29) is 0 Å². The number of hydrogen-bond donors (Lipinski definition) is 1. The number of aryl methyl sites for hydroxylation is 1. The maximum absolute atomic E-state index is 5.76. The molecule has 2 heteroatoms. The molecule has 2 rings (SSSR count). The van der Waals surface area contributed by atoms with Crippen molar-refractivity contribution in [2.45, 2.75) is 52.0 Å². The smallest absolute Gasteiger partial charge is 0.119 e. The third-order valence-electron chi connectivity index (χ3n) is 3.83. The van der Waals surface area contributed by atoms with Crippen molar-refractivity contribution in [1.29, 1.82) is 0 Å². The van der Waals surface area contributed by atoms with E-state index >= 15 is 0 Å². The molecule has 1 N–H and O–H groups in total. The fourth-order valence-corrected chi connectivity index (χ4v) is 2.34. The molecule has 1 aromatic carbocycles. The van der Waals surface area contributed by atoms with Gasteiger partial charge in [0.2, 0.25) is 0 Å². The second-order valence-corrected chi connectivity index (χ2v) is 5.72. The first-order chi connectivity index (χ1) is 9.28. The Bertz CT molecular complexity index is 356. The summed E-state index contributed by atoms with van der Waals surface area (Å²) in [5, 5.41) is 3.45. The predicted molar refractivity (Wildman–Crippen MR) is 80.7 cm³/mol. The number of benzene rings is 1. The first-order valence-electron chi connectivity index (χ1n) is 7.73. The van der Waals surface area contributed by atoms with Gasteiger partial charge in [-0.25, -0.2) is 0 Å². The summed E-state index contributed by atoms with van der Waals surface area (Å²) in [5.74, 6) is 1.97. The van der Waals surface area contributed by atoms with Crippen molar-refractivity contribution in [3.8, 4) is 5.75 Å². The topological polar surface area (TPSA) is 21.3 Å². The van der Waals surface area contributed by atoms with Gasteiger partial charge in [-0.3, -0.25) is 0 Å². The Morgan fingerprint density at radius 1 is 1.26 bits per heavy atom. The van der Waals surface area contributed by atoms with E-state index in [1.807, 2.05) is 0 Å². The highest BCUT2D eigenvalue weighted by Gasteiger charge is 2.20. The molecule has 1 atom stereocenters. The van der Waals surface area contributed by atoms with Crippen LogP contribution in [0.15, 0.2) is 24.3 Å². The fraction of sp³-hybridized carbons (Fsp3) is 0.647. The quantitative estimate of drug-likeness (QED) is 0.730. The van der Waals surface area contributed by atoms with Crippen LogP contribution < -0.4 is 10.1 Å². The van der Waals surface area contributed by atoms with E-state index in [1.54, 1.807) is 0 Å². The van der Waals surface area contributed by atoms with Crippen LogP contribution >= 0.6 is 0 Å². The molecule has 0 spiro atoms. The van der Waals surface area contributed by atoms with Crippen LogP contribution in [0.2, 0.25) is 0 Å². The van der Waals surface area contributed by atoms with Gasteiger partial charge in [-0.2, -0.15) is 0 Å². The Morgan fingerprint density at radius 2 is 2.00 bits per heavy atom. The second kappa shape index (κ2) is 7.54. The van der Waals surface area contributed by atoms with Gasteiger partial charge >= 0.3 is 0 Å². The molecule has 1 aromatic rings. The van der Waals surface area contributed by atoms with Crippen LogP contribution in [-0.4, -0.2) is 19.2 Å². The highest BCUT2D eigenvalue weighted by atomic mass is 16.5. The van der Waals surface area contributed by atoms with Gasteiger partial charge in [0.15, 0.2) is 0 Å². The minimum absolute atomic E-state index is 0.597. The van der Waals surface area contributed by atoms with Crippen LogP contribution in [0.4, 0.5) is 0 Å². The average molecular weight is 261 g/mol. The summed E-state index contributed by atoms with van der Waals surface area (Å²) in [5.41, 5.74) is 1.40. The van der Waals surface area contributed by atoms with Crippen molar-refractivity contribution in [3.63, 3.8) is 0 Å². The molecule has 0 aliphatic heterocycles. The fourth-order valence-electron chi connectivity index (χ4n) is 2.34. The van der Waals surface area contributed by atoms with Crippen molar-refractivity contribution in [3.05, 3.63) is 29.8 Å². The SMILES string of the molecule is CCNC(C)CCc1ccc(OCCC2CC2)cc1. The molecule has 1 fully saturated rings. The lowest BCUT2D eigenvalue weighted by molar-refractivity contribution is 0.302. The second-order valence-electron chi connectivity index (χ2n) is 5.72. The molecule has 0 bridgehead atoms. The summed E-state index contributed by atoms with van der Waals surface area (Å²) in [7, 11) is 0. The van der Waals surface area contributed by atoms with Gasteiger partial charge < -0.3 is 10.1 Å². The lowest BCUT2D eigenvalue weighted by Crippen LogP contribution is -2.25. The molecule has 1 saturated carbocycles. The Kier molecular flexibility index (Phi) is 5.71. The van der Waals surface area contributed by atoms with E-state index in [9.17, 15) is 0 Å². The zero-order valence-corrected chi connectivity index (χ0v) is 12.3. The average Bonchev–Trinajstić information content (AvgIpc) is 3.22. The van der Waals surface area contributed by atoms with E-state index in [0.29, 0.717) is 6.04 Å². The van der Waals surface area contributed by atoms with Crippen molar-refractivity contribution in [1.82, 2.24) is 5.32 Å². The number of rotatable bonds is 9. The van der Waals surface area contributed by atoms with Gasteiger partial charge in [-0.1, -0.05) is 31.9 Å². The summed E-state index contributed by atoms with van der Waals surface area (Å²) in [6.07, 6.45) is 6.37. The molecule has 1 aliphatic rings. The van der Waals surface area contributed by atoms with Gasteiger partial charge in [0.1, 0.15) is 5.75 Å². The summed E-state index contributed by atoms with van der Waals surface area (Å²) >= 11 is 0. The molecule has 0 amide bonds. The van der Waals surface area contributed by atoms with Gasteiger partial charge in [0.25, 0.3) is 0 Å². The standard InChI is InChI=1S/C17H27NO/c1-3-18-14(2)4-5-15-8-10-17(11-9-15)19-13-12-16-6-7-16/h8-11,14,16,18H,3-7,12-13H2,1-2H3. The van der Waals surface area contributed by atoms with Crippen LogP contribution in [0.3, 0.4) is 0 Å². The molecular weight excluding hydrogens is 234 g/mol. The Hall–Kier alpha value is -1.02. The summed E-state index contributed by atoms with van der Waals surface area (Å²) < 4.78 is 5.76. The maximum Gasteiger partial charge on any atom is 0.119 e. The molecular formula is C17H27NO. The minimum Gasteiger partial charge on any atom is -0.494 e. The zero-order valence-electron chi connectivity index (χ0n) is 12.3. The third kappa shape index (κ3) is 5.65. The molecule has 19 heavy (non-hydrogen) atoms. The van der Waals surface area contributed by atoms with E-state index in [2.05, 4.69) is 43.4 Å². The number of nitrogens with one attached hydrogen (secondary N) is 1. The molecule has 1 unspecified atom stereocenters. The van der Waals surface area contributed by atoms with Crippen LogP contribution in [0.5, 0.6) is 5.75 Å². The predicted octanol–water partition coefficient (Wildman–Crippen LogP) is 3.80. The van der Waals surface area contributed by atoms with Gasteiger partial charge in [-0.05, 0) is 56.3 Å². The summed E-state index contributed by atoms with van der Waals surface area (Å²) in [4.78, 5) is 0. The van der Waals surface area contributed by atoms with E-state index < -0.39 is 0 Å². The maximum atomic E-state index is 5.76. The normalized spacial score (nSPS) is 16.3. The first-order valence-corrected chi connectivity index (χ1v) is 7.73. The Balaban J connectivity index is 1.67. The molecule has 106 valence electrons. The Morgan fingerprint density at radius 3 is 2.63 bits per heavy atom. The van der Waals surface area contributed by atoms with Crippen LogP contribution in [-0.2, 0) is 6.42 Å². The molecule has 2 nitrogen and oxygen atoms in total.